The van der Waals surface area contributed by atoms with Crippen LogP contribution in [0.5, 0.6) is 5.75 Å². The monoisotopic (exact) mass is 507 g/mol. The number of thiazole rings is 1. The quantitative estimate of drug-likeness (QED) is 0.454. The number of halogens is 2. The number of amides is 1. The average Bonchev–Trinajstić information content (AvgIpc) is 3.19. The molecule has 4 rings (SSSR count). The minimum atomic E-state index is -0.487. The van der Waals surface area contributed by atoms with Crippen LogP contribution >= 0.6 is 27.3 Å². The summed E-state index contributed by atoms with van der Waals surface area (Å²) in [6.07, 6.45) is 0.797. The van der Waals surface area contributed by atoms with Crippen LogP contribution in [0.1, 0.15) is 6.42 Å². The standard InChI is InChI=1S/C22H23BrFN3O3S/c23-16-6-7-18-20(14-16)31-22(25-18)27(9-3-8-26-10-12-29-13-11-26)21(28)15-30-19-5-2-1-4-17(19)24/h1-2,4-7,14H,3,8-13,15H2. The molecule has 1 aliphatic heterocycles. The molecule has 0 atom stereocenters. The van der Waals surface area contributed by atoms with Crippen molar-refractivity contribution in [3.8, 4) is 5.75 Å². The highest BCUT2D eigenvalue weighted by Crippen LogP contribution is 2.31. The van der Waals surface area contributed by atoms with Gasteiger partial charge in [0.15, 0.2) is 23.3 Å². The first-order chi connectivity index (χ1) is 15.1. The Morgan fingerprint density at radius 3 is 2.87 bits per heavy atom. The Hall–Kier alpha value is -2.07. The van der Waals surface area contributed by atoms with Gasteiger partial charge in [0.25, 0.3) is 5.91 Å². The highest BCUT2D eigenvalue weighted by atomic mass is 79.9. The normalized spacial score (nSPS) is 14.6. The Kier molecular flexibility index (Phi) is 7.49. The van der Waals surface area contributed by atoms with Crippen molar-refractivity contribution in [3.63, 3.8) is 0 Å². The van der Waals surface area contributed by atoms with Gasteiger partial charge in [-0.2, -0.15) is 0 Å². The van der Waals surface area contributed by atoms with E-state index in [0.29, 0.717) is 11.7 Å². The number of nitrogens with zero attached hydrogens (tertiary/aromatic N) is 3. The molecule has 0 spiro atoms. The summed E-state index contributed by atoms with van der Waals surface area (Å²) in [5.41, 5.74) is 0.837. The summed E-state index contributed by atoms with van der Waals surface area (Å²) in [5.74, 6) is -0.667. The van der Waals surface area contributed by atoms with Gasteiger partial charge in [0, 0.05) is 30.7 Å². The molecule has 9 heteroatoms. The van der Waals surface area contributed by atoms with E-state index >= 15 is 0 Å². The molecule has 1 amide bonds. The van der Waals surface area contributed by atoms with Gasteiger partial charge in [-0.25, -0.2) is 9.37 Å². The fourth-order valence-electron chi connectivity index (χ4n) is 3.39. The van der Waals surface area contributed by atoms with Gasteiger partial charge in [-0.3, -0.25) is 14.6 Å². The van der Waals surface area contributed by atoms with Gasteiger partial charge in [-0.15, -0.1) is 0 Å². The van der Waals surface area contributed by atoms with E-state index in [4.69, 9.17) is 9.47 Å². The fourth-order valence-corrected chi connectivity index (χ4v) is 4.95. The maximum absolute atomic E-state index is 13.9. The van der Waals surface area contributed by atoms with Crippen molar-refractivity contribution in [3.05, 3.63) is 52.8 Å². The van der Waals surface area contributed by atoms with Crippen molar-refractivity contribution in [2.24, 2.45) is 0 Å². The topological polar surface area (TPSA) is 54.9 Å². The molecule has 0 bridgehead atoms. The summed E-state index contributed by atoms with van der Waals surface area (Å²) in [6, 6.07) is 11.9. The molecule has 2 heterocycles. The Morgan fingerprint density at radius 1 is 1.26 bits per heavy atom. The molecule has 0 N–H and O–H groups in total. The number of carbonyl (C=O) groups is 1. The molecule has 2 aromatic carbocycles. The summed E-state index contributed by atoms with van der Waals surface area (Å²) in [7, 11) is 0. The predicted octanol–water partition coefficient (Wildman–Crippen LogP) is 4.33. The summed E-state index contributed by atoms with van der Waals surface area (Å²) in [5, 5.41) is 0.622. The van der Waals surface area contributed by atoms with E-state index in [0.717, 1.165) is 54.0 Å². The lowest BCUT2D eigenvalue weighted by Crippen LogP contribution is -2.40. The lowest BCUT2D eigenvalue weighted by atomic mass is 10.3. The van der Waals surface area contributed by atoms with Crippen molar-refractivity contribution >= 4 is 48.5 Å². The lowest BCUT2D eigenvalue weighted by Gasteiger charge is -2.27. The van der Waals surface area contributed by atoms with Crippen molar-refractivity contribution in [1.29, 1.82) is 0 Å². The average molecular weight is 508 g/mol. The molecule has 1 fully saturated rings. The van der Waals surface area contributed by atoms with E-state index < -0.39 is 5.82 Å². The van der Waals surface area contributed by atoms with Gasteiger partial charge in [0.2, 0.25) is 0 Å². The van der Waals surface area contributed by atoms with Gasteiger partial charge >= 0.3 is 0 Å². The number of hydrogen-bond donors (Lipinski definition) is 0. The second-order valence-electron chi connectivity index (χ2n) is 7.18. The molecule has 0 radical (unpaired) electrons. The van der Waals surface area contributed by atoms with Crippen LogP contribution in [0.25, 0.3) is 10.2 Å². The van der Waals surface area contributed by atoms with E-state index in [-0.39, 0.29) is 18.3 Å². The number of carbonyl (C=O) groups excluding carboxylic acids is 1. The molecule has 3 aromatic rings. The third kappa shape index (κ3) is 5.79. The zero-order valence-corrected chi connectivity index (χ0v) is 19.3. The number of hydrogen-bond acceptors (Lipinski definition) is 6. The molecule has 6 nitrogen and oxygen atoms in total. The summed E-state index contributed by atoms with van der Waals surface area (Å²) >= 11 is 4.94. The second kappa shape index (κ2) is 10.5. The first kappa shape index (κ1) is 22.1. The van der Waals surface area contributed by atoms with E-state index in [1.165, 1.54) is 23.5 Å². The maximum Gasteiger partial charge on any atom is 0.266 e. The summed E-state index contributed by atoms with van der Waals surface area (Å²) in [4.78, 5) is 21.7. The number of morpholine rings is 1. The van der Waals surface area contributed by atoms with Crippen LogP contribution in [0, 0.1) is 5.82 Å². The number of benzene rings is 2. The first-order valence-corrected chi connectivity index (χ1v) is 11.7. The molecule has 1 aliphatic rings. The van der Waals surface area contributed by atoms with Crippen LogP contribution in [0.4, 0.5) is 9.52 Å². The largest absolute Gasteiger partial charge is 0.481 e. The predicted molar refractivity (Wildman–Crippen MR) is 123 cm³/mol. The third-order valence-electron chi connectivity index (χ3n) is 5.02. The summed E-state index contributed by atoms with van der Waals surface area (Å²) in [6.45, 7) is 4.42. The van der Waals surface area contributed by atoms with Crippen LogP contribution in [0.3, 0.4) is 0 Å². The minimum Gasteiger partial charge on any atom is -0.481 e. The van der Waals surface area contributed by atoms with Gasteiger partial charge in [0.1, 0.15) is 0 Å². The van der Waals surface area contributed by atoms with E-state index in [2.05, 4.69) is 25.8 Å². The van der Waals surface area contributed by atoms with Crippen molar-refractivity contribution in [2.75, 3.05) is 50.9 Å². The van der Waals surface area contributed by atoms with Crippen molar-refractivity contribution in [2.45, 2.75) is 6.42 Å². The van der Waals surface area contributed by atoms with Crippen LogP contribution in [0.15, 0.2) is 46.9 Å². The zero-order valence-electron chi connectivity index (χ0n) is 16.9. The van der Waals surface area contributed by atoms with Crippen LogP contribution in [-0.4, -0.2) is 61.8 Å². The highest BCUT2D eigenvalue weighted by Gasteiger charge is 2.21. The Labute approximate surface area is 192 Å². The smallest absolute Gasteiger partial charge is 0.266 e. The number of fused-ring (bicyclic) bond motifs is 1. The van der Waals surface area contributed by atoms with Crippen molar-refractivity contribution < 1.29 is 18.7 Å². The second-order valence-corrected chi connectivity index (χ2v) is 9.11. The number of ether oxygens (including phenoxy) is 2. The van der Waals surface area contributed by atoms with Gasteiger partial charge < -0.3 is 9.47 Å². The zero-order chi connectivity index (χ0) is 21.6. The van der Waals surface area contributed by atoms with Gasteiger partial charge in [-0.05, 0) is 36.8 Å². The van der Waals surface area contributed by atoms with Crippen LogP contribution in [0.2, 0.25) is 0 Å². The molecule has 0 unspecified atom stereocenters. The Morgan fingerprint density at radius 2 is 2.06 bits per heavy atom. The molecular weight excluding hydrogens is 485 g/mol. The molecule has 164 valence electrons. The van der Waals surface area contributed by atoms with Gasteiger partial charge in [-0.1, -0.05) is 39.4 Å². The molecule has 31 heavy (non-hydrogen) atoms. The fraction of sp³-hybridized carbons (Fsp3) is 0.364. The van der Waals surface area contributed by atoms with Crippen molar-refractivity contribution in [1.82, 2.24) is 9.88 Å². The number of aromatic nitrogens is 1. The SMILES string of the molecule is O=C(COc1ccccc1F)N(CCCN1CCOCC1)c1nc2ccc(Br)cc2s1. The molecule has 1 aromatic heterocycles. The van der Waals surface area contributed by atoms with E-state index in [1.807, 2.05) is 18.2 Å². The molecular formula is C22H23BrFN3O3S. The number of rotatable bonds is 8. The third-order valence-corrected chi connectivity index (χ3v) is 6.55. The minimum absolute atomic E-state index is 0.0670. The number of anilines is 1. The summed E-state index contributed by atoms with van der Waals surface area (Å²) < 4.78 is 26.7. The van der Waals surface area contributed by atoms with Crippen LogP contribution < -0.4 is 9.64 Å². The molecule has 0 aliphatic carbocycles. The Balaban J connectivity index is 1.47. The molecule has 1 saturated heterocycles. The van der Waals surface area contributed by atoms with Crippen LogP contribution in [-0.2, 0) is 9.53 Å². The number of para-hydroxylation sites is 1. The lowest BCUT2D eigenvalue weighted by molar-refractivity contribution is -0.120. The molecule has 0 saturated carbocycles. The maximum atomic E-state index is 13.9. The Bertz CT molecular complexity index is 1040. The first-order valence-electron chi connectivity index (χ1n) is 10.1. The van der Waals surface area contributed by atoms with E-state index in [9.17, 15) is 9.18 Å². The van der Waals surface area contributed by atoms with Gasteiger partial charge in [0.05, 0.1) is 23.4 Å². The van der Waals surface area contributed by atoms with E-state index in [1.54, 1.807) is 17.0 Å². The highest BCUT2D eigenvalue weighted by molar-refractivity contribution is 9.10.